The van der Waals surface area contributed by atoms with Crippen molar-refractivity contribution in [2.24, 2.45) is 0 Å². The molecule has 0 atom stereocenters. The van der Waals surface area contributed by atoms with Gasteiger partial charge in [0.2, 0.25) is 0 Å². The maximum absolute atomic E-state index is 2.62. The molecular formula is C3H3LiSe. The minimum atomic E-state index is 0. The van der Waals surface area contributed by atoms with Gasteiger partial charge in [-0.05, 0) is 0 Å². The minimum Gasteiger partial charge on any atom is 1.00 e. The summed E-state index contributed by atoms with van der Waals surface area (Å²) in [6.07, 6.45) is 0. The maximum Gasteiger partial charge on any atom is 1.00 e. The van der Waals surface area contributed by atoms with E-state index < -0.39 is 0 Å². The molecule has 0 N–H and O–H groups in total. The van der Waals surface area contributed by atoms with E-state index in [9.17, 15) is 0 Å². The van der Waals surface area contributed by atoms with Crippen molar-refractivity contribution in [3.63, 3.8) is 0 Å². The Balaban J connectivity index is 0. The quantitative estimate of drug-likeness (QED) is 0.241. The van der Waals surface area contributed by atoms with Crippen LogP contribution in [0.3, 0.4) is 0 Å². The molecule has 0 aliphatic rings. The van der Waals surface area contributed by atoms with Crippen LogP contribution in [0.25, 0.3) is 0 Å². The first-order valence-electron chi connectivity index (χ1n) is 0.954. The van der Waals surface area contributed by atoms with Crippen LogP contribution in [0, 0.1) is 10.7 Å². The molecule has 0 aromatic rings. The van der Waals surface area contributed by atoms with E-state index in [0.29, 0.717) is 0 Å². The fraction of sp³-hybridized carbons (Fsp3) is 0.333. The average Bonchev–Trinajstić information content (AvgIpc) is 1.37. The van der Waals surface area contributed by atoms with Crippen LogP contribution in [-0.4, -0.2) is 16.0 Å². The van der Waals surface area contributed by atoms with Crippen LogP contribution in [0.15, 0.2) is 0 Å². The first-order valence-corrected chi connectivity index (χ1v) is 1.81. The van der Waals surface area contributed by atoms with Crippen molar-refractivity contribution in [3.8, 4) is 10.7 Å². The van der Waals surface area contributed by atoms with E-state index in [-0.39, 0.29) is 18.9 Å². The molecule has 22 valence electrons. The van der Waals surface area contributed by atoms with Crippen molar-refractivity contribution >= 4 is 16.0 Å². The average molecular weight is 125 g/mol. The SMILES string of the molecule is CC#C[Se-].[Li+]. The van der Waals surface area contributed by atoms with Gasteiger partial charge in [0, 0.05) is 0 Å². The Hall–Kier alpha value is 0.677. The van der Waals surface area contributed by atoms with Crippen molar-refractivity contribution < 1.29 is 18.9 Å². The normalized spacial score (nSPS) is 2.60. The third-order valence-electron chi connectivity index (χ3n) is 0.102. The summed E-state index contributed by atoms with van der Waals surface area (Å²) < 4.78 is 0. The van der Waals surface area contributed by atoms with Crippen LogP contribution >= 0.6 is 0 Å². The van der Waals surface area contributed by atoms with Gasteiger partial charge >= 0.3 is 52.5 Å². The number of hydrogen-bond donors (Lipinski definition) is 0. The predicted octanol–water partition coefficient (Wildman–Crippen LogP) is -2.86. The van der Waals surface area contributed by atoms with E-state index in [0.717, 1.165) is 0 Å². The summed E-state index contributed by atoms with van der Waals surface area (Å²) in [4.78, 5) is 2.56. The van der Waals surface area contributed by atoms with Crippen LogP contribution in [0.5, 0.6) is 0 Å². The van der Waals surface area contributed by atoms with Gasteiger partial charge in [0.25, 0.3) is 0 Å². The van der Waals surface area contributed by atoms with Crippen molar-refractivity contribution in [1.82, 2.24) is 0 Å². The van der Waals surface area contributed by atoms with Crippen molar-refractivity contribution in [2.45, 2.75) is 6.92 Å². The second-order valence-corrected chi connectivity index (χ2v) is 0.780. The van der Waals surface area contributed by atoms with Gasteiger partial charge < -0.3 is 0 Å². The van der Waals surface area contributed by atoms with Crippen LogP contribution < -0.4 is 18.9 Å². The fourth-order valence-electron chi connectivity index (χ4n) is 0. The molecule has 0 rings (SSSR count). The molecule has 0 amide bonds. The summed E-state index contributed by atoms with van der Waals surface area (Å²) in [5.74, 6) is 2.62. The molecule has 0 aromatic heterocycles. The van der Waals surface area contributed by atoms with Crippen LogP contribution in [0.4, 0.5) is 0 Å². The van der Waals surface area contributed by atoms with Crippen molar-refractivity contribution in [1.29, 1.82) is 0 Å². The maximum atomic E-state index is 2.62. The topological polar surface area (TPSA) is 0 Å². The van der Waals surface area contributed by atoms with Crippen molar-refractivity contribution in [3.05, 3.63) is 0 Å². The van der Waals surface area contributed by atoms with Gasteiger partial charge in [0.05, 0.1) is 0 Å². The van der Waals surface area contributed by atoms with E-state index in [1.807, 2.05) is 0 Å². The molecular weight excluding hydrogens is 122 g/mol. The van der Waals surface area contributed by atoms with Gasteiger partial charge in [-0.3, -0.25) is 0 Å². The molecule has 2 heteroatoms. The summed E-state index contributed by atoms with van der Waals surface area (Å²) in [5.41, 5.74) is 0. The van der Waals surface area contributed by atoms with Crippen molar-refractivity contribution in [2.75, 3.05) is 0 Å². The third-order valence-corrected chi connectivity index (χ3v) is 0.530. The Morgan fingerprint density at radius 1 is 1.60 bits per heavy atom. The Bertz CT molecular complexity index is 43.6. The molecule has 0 radical (unpaired) electrons. The third kappa shape index (κ3) is 11.9. The summed E-state index contributed by atoms with van der Waals surface area (Å²) in [6.45, 7) is 1.79. The standard InChI is InChI=1S/C3H4Se.Li/c1-2-3-4;/h4H,1H3;/q;+1/p-1. The molecule has 0 aliphatic carbocycles. The Kier molecular flexibility index (Phi) is 16.2. The van der Waals surface area contributed by atoms with E-state index in [4.69, 9.17) is 0 Å². The summed E-state index contributed by atoms with van der Waals surface area (Å²) in [6, 6.07) is 0. The van der Waals surface area contributed by atoms with Gasteiger partial charge in [-0.15, -0.1) is 0 Å². The molecule has 0 heterocycles. The second kappa shape index (κ2) is 8.82. The smallest absolute Gasteiger partial charge is 1.00 e. The molecule has 0 aromatic carbocycles. The molecule has 0 nitrogen and oxygen atoms in total. The Morgan fingerprint density at radius 3 is 1.80 bits per heavy atom. The first kappa shape index (κ1) is 9.18. The molecule has 0 fully saturated rings. The van der Waals surface area contributed by atoms with E-state index in [1.54, 1.807) is 6.92 Å². The van der Waals surface area contributed by atoms with Gasteiger partial charge in [0.15, 0.2) is 0 Å². The van der Waals surface area contributed by atoms with Crippen LogP contribution in [0.1, 0.15) is 6.92 Å². The van der Waals surface area contributed by atoms with Gasteiger partial charge in [-0.25, -0.2) is 0 Å². The number of hydrogen-bond acceptors (Lipinski definition) is 0. The zero-order valence-electron chi connectivity index (χ0n) is 3.41. The Labute approximate surface area is 52.7 Å². The van der Waals surface area contributed by atoms with E-state index in [2.05, 4.69) is 26.8 Å². The first-order chi connectivity index (χ1) is 1.91. The van der Waals surface area contributed by atoms with Gasteiger partial charge in [-0.1, -0.05) is 0 Å². The van der Waals surface area contributed by atoms with Gasteiger partial charge in [0.1, 0.15) is 0 Å². The zero-order valence-corrected chi connectivity index (χ0v) is 5.12. The molecule has 0 spiro atoms. The van der Waals surface area contributed by atoms with Gasteiger partial charge in [-0.2, -0.15) is 0 Å². The fourth-order valence-corrected chi connectivity index (χ4v) is 0. The van der Waals surface area contributed by atoms with E-state index >= 15 is 0 Å². The summed E-state index contributed by atoms with van der Waals surface area (Å²) >= 11 is 2.53. The van der Waals surface area contributed by atoms with Crippen LogP contribution in [0.2, 0.25) is 0 Å². The molecule has 0 unspecified atom stereocenters. The number of rotatable bonds is 0. The van der Waals surface area contributed by atoms with Crippen LogP contribution in [-0.2, 0) is 0 Å². The monoisotopic (exact) mass is 126 g/mol. The molecule has 0 saturated carbocycles. The molecule has 0 bridgehead atoms. The molecule has 5 heavy (non-hydrogen) atoms. The van der Waals surface area contributed by atoms with E-state index in [1.165, 1.54) is 0 Å². The zero-order chi connectivity index (χ0) is 3.41. The minimum absolute atomic E-state index is 0. The summed E-state index contributed by atoms with van der Waals surface area (Å²) in [7, 11) is 0. The largest absolute Gasteiger partial charge is 1.00 e. The Morgan fingerprint density at radius 2 is 1.80 bits per heavy atom. The molecule has 0 aliphatic heterocycles. The summed E-state index contributed by atoms with van der Waals surface area (Å²) in [5, 5.41) is 0. The molecule has 0 saturated heterocycles. The second-order valence-electron chi connectivity index (χ2n) is 0.352. The predicted molar refractivity (Wildman–Crippen MR) is 19.2 cm³/mol.